The SMILES string of the molecule is O=c1c2ccccc2nc(/C=C\c2ccc(F)cc2)n1Cc1ccccc1. The molecule has 0 amide bonds. The molecule has 3 nitrogen and oxygen atoms in total. The summed E-state index contributed by atoms with van der Waals surface area (Å²) in [6, 6.07) is 23.3. The summed E-state index contributed by atoms with van der Waals surface area (Å²) in [5.41, 5.74) is 2.44. The molecule has 0 radical (unpaired) electrons. The van der Waals surface area contributed by atoms with Gasteiger partial charge in [0.1, 0.15) is 11.6 Å². The maximum absolute atomic E-state index is 13.1. The molecule has 0 unspecified atom stereocenters. The van der Waals surface area contributed by atoms with Gasteiger partial charge in [0.25, 0.3) is 5.56 Å². The zero-order valence-corrected chi connectivity index (χ0v) is 14.5. The summed E-state index contributed by atoms with van der Waals surface area (Å²) >= 11 is 0. The third kappa shape index (κ3) is 3.70. The molecule has 0 bridgehead atoms. The second-order valence-corrected chi connectivity index (χ2v) is 6.25. The zero-order chi connectivity index (χ0) is 18.6. The molecule has 0 fully saturated rings. The molecule has 0 atom stereocenters. The molecule has 4 heteroatoms. The summed E-state index contributed by atoms with van der Waals surface area (Å²) in [7, 11) is 0. The maximum Gasteiger partial charge on any atom is 0.261 e. The zero-order valence-electron chi connectivity index (χ0n) is 14.5. The minimum absolute atomic E-state index is 0.0804. The molecule has 0 aliphatic heterocycles. The number of aromatic nitrogens is 2. The molecule has 0 saturated carbocycles. The number of hydrogen-bond donors (Lipinski definition) is 0. The van der Waals surface area contributed by atoms with E-state index in [1.54, 1.807) is 28.8 Å². The van der Waals surface area contributed by atoms with Crippen LogP contribution in [-0.4, -0.2) is 9.55 Å². The average molecular weight is 356 g/mol. The largest absolute Gasteiger partial charge is 0.288 e. The third-order valence-corrected chi connectivity index (χ3v) is 4.37. The molecular weight excluding hydrogens is 339 g/mol. The molecule has 0 saturated heterocycles. The van der Waals surface area contributed by atoms with Crippen LogP contribution in [0.2, 0.25) is 0 Å². The van der Waals surface area contributed by atoms with Crippen LogP contribution in [0.1, 0.15) is 17.0 Å². The lowest BCUT2D eigenvalue weighted by atomic mass is 10.2. The number of halogens is 1. The van der Waals surface area contributed by atoms with Gasteiger partial charge >= 0.3 is 0 Å². The van der Waals surface area contributed by atoms with Gasteiger partial charge in [-0.1, -0.05) is 60.7 Å². The van der Waals surface area contributed by atoms with E-state index in [1.165, 1.54) is 12.1 Å². The Bertz CT molecular complexity index is 1160. The van der Waals surface area contributed by atoms with Crippen molar-refractivity contribution in [1.29, 1.82) is 0 Å². The smallest absolute Gasteiger partial charge is 0.261 e. The standard InChI is InChI=1S/C23H17FN2O/c24-19-13-10-17(11-14-19)12-15-22-25-21-9-5-4-8-20(21)23(27)26(22)16-18-6-2-1-3-7-18/h1-15H,16H2/b15-12-. The van der Waals surface area contributed by atoms with E-state index in [2.05, 4.69) is 4.98 Å². The van der Waals surface area contributed by atoms with Gasteiger partial charge in [0, 0.05) is 0 Å². The van der Waals surface area contributed by atoms with Crippen LogP contribution in [0.15, 0.2) is 83.7 Å². The predicted octanol–water partition coefficient (Wildman–Crippen LogP) is 4.75. The summed E-state index contributed by atoms with van der Waals surface area (Å²) in [4.78, 5) is 17.7. The Morgan fingerprint density at radius 2 is 1.56 bits per heavy atom. The Morgan fingerprint density at radius 3 is 2.33 bits per heavy atom. The predicted molar refractivity (Wildman–Crippen MR) is 107 cm³/mol. The second-order valence-electron chi connectivity index (χ2n) is 6.25. The van der Waals surface area contributed by atoms with Gasteiger partial charge in [0.05, 0.1) is 17.4 Å². The van der Waals surface area contributed by atoms with Crippen molar-refractivity contribution in [2.24, 2.45) is 0 Å². The van der Waals surface area contributed by atoms with Crippen LogP contribution >= 0.6 is 0 Å². The second kappa shape index (κ2) is 7.38. The van der Waals surface area contributed by atoms with E-state index in [4.69, 9.17) is 0 Å². The molecule has 1 heterocycles. The molecule has 0 N–H and O–H groups in total. The van der Waals surface area contributed by atoms with E-state index in [1.807, 2.05) is 54.6 Å². The summed E-state index contributed by atoms with van der Waals surface area (Å²) in [6.45, 7) is 0.431. The topological polar surface area (TPSA) is 34.9 Å². The Kier molecular flexibility index (Phi) is 4.62. The molecule has 132 valence electrons. The Labute approximate surface area is 156 Å². The maximum atomic E-state index is 13.1. The number of fused-ring (bicyclic) bond motifs is 1. The highest BCUT2D eigenvalue weighted by molar-refractivity contribution is 5.79. The molecule has 4 aromatic rings. The van der Waals surface area contributed by atoms with Crippen LogP contribution in [0.5, 0.6) is 0 Å². The summed E-state index contributed by atoms with van der Waals surface area (Å²) in [5, 5.41) is 0.590. The van der Waals surface area contributed by atoms with Crippen molar-refractivity contribution in [2.45, 2.75) is 6.54 Å². The highest BCUT2D eigenvalue weighted by Gasteiger charge is 2.09. The Balaban J connectivity index is 1.83. The summed E-state index contributed by atoms with van der Waals surface area (Å²) in [5.74, 6) is 0.281. The fourth-order valence-electron chi connectivity index (χ4n) is 2.98. The van der Waals surface area contributed by atoms with Crippen molar-refractivity contribution < 1.29 is 4.39 Å². The van der Waals surface area contributed by atoms with Gasteiger partial charge in [0.15, 0.2) is 0 Å². The van der Waals surface area contributed by atoms with E-state index >= 15 is 0 Å². The van der Waals surface area contributed by atoms with Crippen molar-refractivity contribution in [3.8, 4) is 0 Å². The molecular formula is C23H17FN2O. The molecule has 4 rings (SSSR count). The first-order valence-electron chi connectivity index (χ1n) is 8.68. The van der Waals surface area contributed by atoms with Gasteiger partial charge in [-0.15, -0.1) is 0 Å². The number of nitrogens with zero attached hydrogens (tertiary/aromatic N) is 2. The highest BCUT2D eigenvalue weighted by atomic mass is 19.1. The van der Waals surface area contributed by atoms with Crippen molar-refractivity contribution in [1.82, 2.24) is 9.55 Å². The van der Waals surface area contributed by atoms with Crippen molar-refractivity contribution in [3.05, 3.63) is 112 Å². The number of para-hydroxylation sites is 1. The first-order valence-corrected chi connectivity index (χ1v) is 8.68. The van der Waals surface area contributed by atoms with Crippen molar-refractivity contribution in [3.63, 3.8) is 0 Å². The molecule has 0 aliphatic carbocycles. The average Bonchev–Trinajstić information content (AvgIpc) is 2.71. The van der Waals surface area contributed by atoms with Gasteiger partial charge in [0.2, 0.25) is 0 Å². The fraction of sp³-hybridized carbons (Fsp3) is 0.0435. The normalized spacial score (nSPS) is 11.3. The van der Waals surface area contributed by atoms with Gasteiger partial charge in [-0.3, -0.25) is 9.36 Å². The first-order chi connectivity index (χ1) is 13.2. The van der Waals surface area contributed by atoms with Gasteiger partial charge in [-0.25, -0.2) is 9.37 Å². The van der Waals surface area contributed by atoms with Crippen LogP contribution < -0.4 is 5.56 Å². The van der Waals surface area contributed by atoms with Crippen LogP contribution in [0.3, 0.4) is 0 Å². The molecule has 27 heavy (non-hydrogen) atoms. The molecule has 0 spiro atoms. The van der Waals surface area contributed by atoms with Crippen LogP contribution in [0.25, 0.3) is 23.1 Å². The van der Waals surface area contributed by atoms with Gasteiger partial charge in [-0.05, 0) is 41.5 Å². The molecule has 3 aromatic carbocycles. The third-order valence-electron chi connectivity index (χ3n) is 4.37. The summed E-state index contributed by atoms with van der Waals surface area (Å²) < 4.78 is 14.8. The lowest BCUT2D eigenvalue weighted by Gasteiger charge is -2.11. The van der Waals surface area contributed by atoms with Crippen molar-refractivity contribution >= 4 is 23.1 Å². The summed E-state index contributed by atoms with van der Waals surface area (Å²) in [6.07, 6.45) is 3.63. The number of benzene rings is 3. The van der Waals surface area contributed by atoms with Crippen LogP contribution in [-0.2, 0) is 6.54 Å². The van der Waals surface area contributed by atoms with Gasteiger partial charge in [-0.2, -0.15) is 0 Å². The first kappa shape index (κ1) is 16.9. The number of rotatable bonds is 4. The molecule has 1 aromatic heterocycles. The van der Waals surface area contributed by atoms with E-state index < -0.39 is 0 Å². The van der Waals surface area contributed by atoms with E-state index in [9.17, 15) is 9.18 Å². The number of hydrogen-bond acceptors (Lipinski definition) is 2. The van der Waals surface area contributed by atoms with Gasteiger partial charge < -0.3 is 0 Å². The Hall–Kier alpha value is -3.53. The molecule has 0 aliphatic rings. The lowest BCUT2D eigenvalue weighted by Crippen LogP contribution is -2.24. The Morgan fingerprint density at radius 1 is 0.852 bits per heavy atom. The van der Waals surface area contributed by atoms with E-state index in [0.29, 0.717) is 23.3 Å². The van der Waals surface area contributed by atoms with Crippen LogP contribution in [0, 0.1) is 5.82 Å². The quantitative estimate of drug-likeness (QED) is 0.529. The van der Waals surface area contributed by atoms with Crippen LogP contribution in [0.4, 0.5) is 4.39 Å². The minimum Gasteiger partial charge on any atom is -0.288 e. The van der Waals surface area contributed by atoms with E-state index in [-0.39, 0.29) is 11.4 Å². The fourth-order valence-corrected chi connectivity index (χ4v) is 2.98. The highest BCUT2D eigenvalue weighted by Crippen LogP contribution is 2.13. The lowest BCUT2D eigenvalue weighted by molar-refractivity contribution is 0.628. The van der Waals surface area contributed by atoms with Crippen molar-refractivity contribution in [2.75, 3.05) is 0 Å². The van der Waals surface area contributed by atoms with E-state index in [0.717, 1.165) is 11.1 Å². The minimum atomic E-state index is -0.281. The monoisotopic (exact) mass is 356 g/mol.